The Morgan fingerprint density at radius 1 is 1.15 bits per heavy atom. The Balaban J connectivity index is 1.90. The normalized spacial score (nSPS) is 11.9. The standard InChI is InChI=1S/C17H20ClNO/c1-13(14-6-4-3-5-7-14)10-11-19-17-12-15(20-2)8-9-16(17)18/h3-9,12-13,19H,10-11H2,1-2H3. The molecule has 0 bridgehead atoms. The smallest absolute Gasteiger partial charge is 0.121 e. The lowest BCUT2D eigenvalue weighted by molar-refractivity contribution is 0.415. The molecule has 0 aliphatic carbocycles. The van der Waals surface area contributed by atoms with Crippen LogP contribution in [0, 0.1) is 0 Å². The van der Waals surface area contributed by atoms with Gasteiger partial charge >= 0.3 is 0 Å². The van der Waals surface area contributed by atoms with Crippen molar-refractivity contribution in [2.75, 3.05) is 19.0 Å². The van der Waals surface area contributed by atoms with Crippen LogP contribution < -0.4 is 10.1 Å². The second-order valence-electron chi connectivity index (χ2n) is 4.87. The molecule has 1 atom stereocenters. The van der Waals surface area contributed by atoms with Crippen molar-refractivity contribution in [1.29, 1.82) is 0 Å². The zero-order valence-electron chi connectivity index (χ0n) is 11.9. The second kappa shape index (κ2) is 7.20. The summed E-state index contributed by atoms with van der Waals surface area (Å²) in [4.78, 5) is 0. The van der Waals surface area contributed by atoms with Crippen molar-refractivity contribution in [3.05, 3.63) is 59.1 Å². The highest BCUT2D eigenvalue weighted by Gasteiger charge is 2.06. The van der Waals surface area contributed by atoms with Gasteiger partial charge in [-0.2, -0.15) is 0 Å². The van der Waals surface area contributed by atoms with E-state index in [-0.39, 0.29) is 0 Å². The minimum Gasteiger partial charge on any atom is -0.497 e. The van der Waals surface area contributed by atoms with E-state index in [1.165, 1.54) is 5.56 Å². The first-order valence-corrected chi connectivity index (χ1v) is 7.21. The van der Waals surface area contributed by atoms with Crippen molar-refractivity contribution in [2.45, 2.75) is 19.3 Å². The first-order chi connectivity index (χ1) is 9.70. The van der Waals surface area contributed by atoms with Gasteiger partial charge in [0.25, 0.3) is 0 Å². The highest BCUT2D eigenvalue weighted by atomic mass is 35.5. The van der Waals surface area contributed by atoms with Gasteiger partial charge in [-0.05, 0) is 30.0 Å². The summed E-state index contributed by atoms with van der Waals surface area (Å²) in [6, 6.07) is 16.2. The number of hydrogen-bond acceptors (Lipinski definition) is 2. The summed E-state index contributed by atoms with van der Waals surface area (Å²) in [6.45, 7) is 3.12. The molecule has 0 aliphatic heterocycles. The fraction of sp³-hybridized carbons (Fsp3) is 0.294. The number of ether oxygens (including phenoxy) is 1. The molecule has 2 aromatic rings. The van der Waals surface area contributed by atoms with Gasteiger partial charge in [-0.1, -0.05) is 48.9 Å². The van der Waals surface area contributed by atoms with E-state index < -0.39 is 0 Å². The van der Waals surface area contributed by atoms with Crippen molar-refractivity contribution in [2.24, 2.45) is 0 Å². The molecule has 0 aliphatic rings. The summed E-state index contributed by atoms with van der Waals surface area (Å²) < 4.78 is 5.21. The third-order valence-corrected chi connectivity index (χ3v) is 3.76. The lowest BCUT2D eigenvalue weighted by atomic mass is 9.98. The van der Waals surface area contributed by atoms with Gasteiger partial charge in [-0.25, -0.2) is 0 Å². The summed E-state index contributed by atoms with van der Waals surface area (Å²) in [7, 11) is 1.66. The van der Waals surface area contributed by atoms with E-state index in [2.05, 4.69) is 36.5 Å². The Bertz CT molecular complexity index is 542. The zero-order valence-corrected chi connectivity index (χ0v) is 12.7. The van der Waals surface area contributed by atoms with E-state index in [1.54, 1.807) is 7.11 Å². The molecule has 106 valence electrons. The molecular weight excluding hydrogens is 270 g/mol. The molecule has 20 heavy (non-hydrogen) atoms. The van der Waals surface area contributed by atoms with Crippen molar-refractivity contribution in [3.8, 4) is 5.75 Å². The van der Waals surface area contributed by atoms with Gasteiger partial charge in [-0.3, -0.25) is 0 Å². The molecule has 0 heterocycles. The Kier molecular flexibility index (Phi) is 5.31. The van der Waals surface area contributed by atoms with Crippen LogP contribution in [0.15, 0.2) is 48.5 Å². The molecule has 3 heteroatoms. The minimum absolute atomic E-state index is 0.521. The molecule has 2 rings (SSSR count). The van der Waals surface area contributed by atoms with E-state index in [1.807, 2.05) is 24.3 Å². The third kappa shape index (κ3) is 3.91. The van der Waals surface area contributed by atoms with Crippen molar-refractivity contribution in [1.82, 2.24) is 0 Å². The van der Waals surface area contributed by atoms with Gasteiger partial charge in [0.1, 0.15) is 5.75 Å². The lowest BCUT2D eigenvalue weighted by Crippen LogP contribution is -2.06. The number of rotatable bonds is 6. The first kappa shape index (κ1) is 14.7. The molecule has 0 saturated carbocycles. The van der Waals surface area contributed by atoms with E-state index in [9.17, 15) is 0 Å². The molecule has 1 unspecified atom stereocenters. The number of halogens is 1. The quantitative estimate of drug-likeness (QED) is 0.812. The predicted octanol–water partition coefficient (Wildman–Crippen LogP) is 4.95. The lowest BCUT2D eigenvalue weighted by Gasteiger charge is -2.14. The number of anilines is 1. The maximum atomic E-state index is 6.17. The minimum atomic E-state index is 0.521. The van der Waals surface area contributed by atoms with Gasteiger partial charge in [0, 0.05) is 12.6 Å². The molecule has 2 nitrogen and oxygen atoms in total. The van der Waals surface area contributed by atoms with Crippen LogP contribution in [-0.4, -0.2) is 13.7 Å². The zero-order chi connectivity index (χ0) is 14.4. The molecule has 0 aromatic heterocycles. The summed E-state index contributed by atoms with van der Waals surface area (Å²) >= 11 is 6.17. The third-order valence-electron chi connectivity index (χ3n) is 3.43. The van der Waals surface area contributed by atoms with Gasteiger partial charge in [0.05, 0.1) is 17.8 Å². The Hall–Kier alpha value is -1.67. The van der Waals surface area contributed by atoms with E-state index in [0.29, 0.717) is 5.92 Å². The first-order valence-electron chi connectivity index (χ1n) is 6.83. The van der Waals surface area contributed by atoms with Crippen LogP contribution in [0.5, 0.6) is 5.75 Å². The molecule has 1 N–H and O–H groups in total. The maximum Gasteiger partial charge on any atom is 0.121 e. The maximum absolute atomic E-state index is 6.17. The van der Waals surface area contributed by atoms with Crippen LogP contribution in [0.25, 0.3) is 0 Å². The molecular formula is C17H20ClNO. The number of hydrogen-bond donors (Lipinski definition) is 1. The fourth-order valence-electron chi connectivity index (χ4n) is 2.14. The summed E-state index contributed by atoms with van der Waals surface area (Å²) in [5.74, 6) is 1.33. The van der Waals surface area contributed by atoms with Crippen LogP contribution in [0.4, 0.5) is 5.69 Å². The highest BCUT2D eigenvalue weighted by molar-refractivity contribution is 6.33. The Labute approximate surface area is 125 Å². The average molecular weight is 290 g/mol. The number of methoxy groups -OCH3 is 1. The number of benzene rings is 2. The molecule has 0 spiro atoms. The SMILES string of the molecule is COc1ccc(Cl)c(NCCC(C)c2ccccc2)c1. The fourth-order valence-corrected chi connectivity index (χ4v) is 2.32. The van der Waals surface area contributed by atoms with Crippen LogP contribution in [-0.2, 0) is 0 Å². The van der Waals surface area contributed by atoms with Crippen molar-refractivity contribution < 1.29 is 4.74 Å². The van der Waals surface area contributed by atoms with Gasteiger partial charge in [0.2, 0.25) is 0 Å². The average Bonchev–Trinajstić information content (AvgIpc) is 2.50. The second-order valence-corrected chi connectivity index (χ2v) is 5.28. The Morgan fingerprint density at radius 3 is 2.60 bits per heavy atom. The van der Waals surface area contributed by atoms with E-state index in [0.717, 1.165) is 29.4 Å². The van der Waals surface area contributed by atoms with Crippen LogP contribution >= 0.6 is 11.6 Å². The van der Waals surface area contributed by atoms with E-state index >= 15 is 0 Å². The van der Waals surface area contributed by atoms with Crippen LogP contribution in [0.2, 0.25) is 5.02 Å². The van der Waals surface area contributed by atoms with Crippen LogP contribution in [0.3, 0.4) is 0 Å². The summed E-state index contributed by atoms with van der Waals surface area (Å²) in [6.07, 6.45) is 1.05. The van der Waals surface area contributed by atoms with Crippen LogP contribution in [0.1, 0.15) is 24.8 Å². The molecule has 0 saturated heterocycles. The van der Waals surface area contributed by atoms with Gasteiger partial charge in [0.15, 0.2) is 0 Å². The van der Waals surface area contributed by atoms with Gasteiger partial charge in [-0.15, -0.1) is 0 Å². The molecule has 2 aromatic carbocycles. The summed E-state index contributed by atoms with van der Waals surface area (Å²) in [5.41, 5.74) is 2.29. The molecule has 0 fully saturated rings. The van der Waals surface area contributed by atoms with Crippen molar-refractivity contribution >= 4 is 17.3 Å². The number of nitrogens with one attached hydrogen (secondary N) is 1. The largest absolute Gasteiger partial charge is 0.497 e. The van der Waals surface area contributed by atoms with E-state index in [4.69, 9.17) is 16.3 Å². The molecule has 0 radical (unpaired) electrons. The Morgan fingerprint density at radius 2 is 1.90 bits per heavy atom. The monoisotopic (exact) mass is 289 g/mol. The predicted molar refractivity (Wildman–Crippen MR) is 86.0 cm³/mol. The van der Waals surface area contributed by atoms with Gasteiger partial charge < -0.3 is 10.1 Å². The summed E-state index contributed by atoms with van der Waals surface area (Å²) in [5, 5.41) is 4.10. The van der Waals surface area contributed by atoms with Crippen molar-refractivity contribution in [3.63, 3.8) is 0 Å². The highest BCUT2D eigenvalue weighted by Crippen LogP contribution is 2.27. The topological polar surface area (TPSA) is 21.3 Å². The molecule has 0 amide bonds.